The Hall–Kier alpha value is -2.03. The third-order valence-electron chi connectivity index (χ3n) is 3.77. The van der Waals surface area contributed by atoms with Crippen molar-refractivity contribution in [1.82, 2.24) is 4.72 Å². The Morgan fingerprint density at radius 1 is 1.14 bits per heavy atom. The molecule has 28 heavy (non-hydrogen) atoms. The lowest BCUT2D eigenvalue weighted by Crippen LogP contribution is -2.30. The predicted octanol–water partition coefficient (Wildman–Crippen LogP) is 3.56. The normalized spacial score (nSPS) is 11.5. The summed E-state index contributed by atoms with van der Waals surface area (Å²) in [5.41, 5.74) is 2.67. The fourth-order valence-corrected chi connectivity index (χ4v) is 4.53. The molecule has 0 bridgehead atoms. The predicted molar refractivity (Wildman–Crippen MR) is 114 cm³/mol. The number of ether oxygens (including phenoxy) is 1. The molecule has 0 aliphatic rings. The monoisotopic (exact) mass is 422 g/mol. The van der Waals surface area contributed by atoms with Gasteiger partial charge in [0.1, 0.15) is 5.75 Å². The van der Waals surface area contributed by atoms with E-state index in [0.717, 1.165) is 11.3 Å². The number of methoxy groups -OCH3 is 1. The molecule has 152 valence electrons. The van der Waals surface area contributed by atoms with Gasteiger partial charge in [-0.2, -0.15) is 0 Å². The van der Waals surface area contributed by atoms with Gasteiger partial charge < -0.3 is 10.1 Å². The minimum absolute atomic E-state index is 0.0737. The van der Waals surface area contributed by atoms with Crippen molar-refractivity contribution in [2.45, 2.75) is 37.5 Å². The first-order valence-corrected chi connectivity index (χ1v) is 11.5. The van der Waals surface area contributed by atoms with Crippen LogP contribution in [0.5, 0.6) is 5.75 Å². The lowest BCUT2D eigenvalue weighted by atomic mass is 10.2. The second-order valence-corrected chi connectivity index (χ2v) is 9.36. The zero-order valence-corrected chi connectivity index (χ0v) is 18.1. The van der Waals surface area contributed by atoms with Gasteiger partial charge >= 0.3 is 0 Å². The van der Waals surface area contributed by atoms with E-state index in [1.165, 1.54) is 42.6 Å². The smallest absolute Gasteiger partial charge is 0.240 e. The highest BCUT2D eigenvalue weighted by Crippen LogP contribution is 2.28. The fourth-order valence-electron chi connectivity index (χ4n) is 2.46. The average molecular weight is 423 g/mol. The Labute approximate surface area is 171 Å². The zero-order valence-electron chi connectivity index (χ0n) is 16.5. The number of carbonyl (C=O) groups excluding carboxylic acids is 1. The summed E-state index contributed by atoms with van der Waals surface area (Å²) in [7, 11) is -2.19. The van der Waals surface area contributed by atoms with Crippen molar-refractivity contribution in [3.8, 4) is 5.75 Å². The number of hydrogen-bond donors (Lipinski definition) is 2. The molecular weight excluding hydrogens is 396 g/mol. The number of rotatable bonds is 9. The van der Waals surface area contributed by atoms with Gasteiger partial charge in [0.05, 0.1) is 23.4 Å². The van der Waals surface area contributed by atoms with Crippen LogP contribution >= 0.6 is 11.8 Å². The Morgan fingerprint density at radius 3 is 2.43 bits per heavy atom. The molecule has 2 N–H and O–H groups in total. The number of thioether (sulfide) groups is 1. The van der Waals surface area contributed by atoms with Crippen LogP contribution in [0.15, 0.2) is 47.4 Å². The number of carbonyl (C=O) groups is 1. The summed E-state index contributed by atoms with van der Waals surface area (Å²) in [6.45, 7) is 5.52. The van der Waals surface area contributed by atoms with Gasteiger partial charge in [-0.25, -0.2) is 13.1 Å². The Balaban J connectivity index is 2.03. The maximum Gasteiger partial charge on any atom is 0.240 e. The number of anilines is 1. The number of amides is 1. The fraction of sp³-hybridized carbons (Fsp3) is 0.350. The average Bonchev–Trinajstić information content (AvgIpc) is 2.62. The van der Waals surface area contributed by atoms with E-state index >= 15 is 0 Å². The standard InChI is InChI=1S/C20H26N2O4S2/c1-14(2)22-28(24,25)17-9-10-19(26-4)18(11-17)21-20(23)13-27-12-16-7-5-15(3)6-8-16/h5-11,14,22H,12-13H2,1-4H3,(H,21,23). The quantitative estimate of drug-likeness (QED) is 0.645. The van der Waals surface area contributed by atoms with Crippen LogP contribution in [0.3, 0.4) is 0 Å². The number of hydrogen-bond acceptors (Lipinski definition) is 5. The third kappa shape index (κ3) is 6.54. The molecule has 0 spiro atoms. The molecule has 0 heterocycles. The van der Waals surface area contributed by atoms with Crippen molar-refractivity contribution in [2.75, 3.05) is 18.2 Å². The van der Waals surface area contributed by atoms with Crippen LogP contribution in [0, 0.1) is 6.92 Å². The first-order chi connectivity index (χ1) is 13.2. The molecule has 2 aromatic carbocycles. The first kappa shape index (κ1) is 22.3. The number of benzene rings is 2. The van der Waals surface area contributed by atoms with E-state index in [-0.39, 0.29) is 22.6 Å². The van der Waals surface area contributed by atoms with Crippen molar-refractivity contribution < 1.29 is 17.9 Å². The van der Waals surface area contributed by atoms with E-state index in [9.17, 15) is 13.2 Å². The molecule has 1 amide bonds. The summed E-state index contributed by atoms with van der Waals surface area (Å²) in [5.74, 6) is 1.15. The van der Waals surface area contributed by atoms with Crippen LogP contribution in [0.2, 0.25) is 0 Å². The van der Waals surface area contributed by atoms with E-state index in [1.54, 1.807) is 13.8 Å². The van der Waals surface area contributed by atoms with E-state index in [2.05, 4.69) is 10.0 Å². The van der Waals surface area contributed by atoms with Crippen LogP contribution in [-0.4, -0.2) is 33.2 Å². The second kappa shape index (κ2) is 9.95. The van der Waals surface area contributed by atoms with Crippen molar-refractivity contribution >= 4 is 33.4 Å². The molecule has 0 aliphatic carbocycles. The molecule has 2 rings (SSSR count). The van der Waals surface area contributed by atoms with Crippen LogP contribution in [0.4, 0.5) is 5.69 Å². The molecule has 0 aliphatic heterocycles. The van der Waals surface area contributed by atoms with E-state index in [4.69, 9.17) is 4.74 Å². The highest BCUT2D eigenvalue weighted by molar-refractivity contribution is 7.99. The minimum atomic E-state index is -3.66. The number of nitrogens with one attached hydrogen (secondary N) is 2. The summed E-state index contributed by atoms with van der Waals surface area (Å²) in [6, 6.07) is 12.3. The molecule has 0 aromatic heterocycles. The third-order valence-corrected chi connectivity index (χ3v) is 6.43. The summed E-state index contributed by atoms with van der Waals surface area (Å²) in [4.78, 5) is 12.4. The van der Waals surface area contributed by atoms with Gasteiger partial charge in [-0.05, 0) is 44.5 Å². The summed E-state index contributed by atoms with van der Waals surface area (Å²) in [5, 5.41) is 2.75. The summed E-state index contributed by atoms with van der Waals surface area (Å²) < 4.78 is 32.5. The molecule has 2 aromatic rings. The van der Waals surface area contributed by atoms with Crippen molar-refractivity contribution in [1.29, 1.82) is 0 Å². The van der Waals surface area contributed by atoms with Crippen LogP contribution in [0.25, 0.3) is 0 Å². The van der Waals surface area contributed by atoms with Crippen LogP contribution in [-0.2, 0) is 20.6 Å². The molecule has 0 fully saturated rings. The molecule has 6 nitrogen and oxygen atoms in total. The van der Waals surface area contributed by atoms with E-state index < -0.39 is 10.0 Å². The Morgan fingerprint density at radius 2 is 1.82 bits per heavy atom. The van der Waals surface area contributed by atoms with Gasteiger partial charge in [0.15, 0.2) is 0 Å². The first-order valence-electron chi connectivity index (χ1n) is 8.85. The second-order valence-electron chi connectivity index (χ2n) is 6.66. The highest BCUT2D eigenvalue weighted by atomic mass is 32.2. The maximum absolute atomic E-state index is 12.4. The molecule has 8 heteroatoms. The Kier molecular flexibility index (Phi) is 7.91. The van der Waals surface area contributed by atoms with Gasteiger partial charge in [0.25, 0.3) is 0 Å². The van der Waals surface area contributed by atoms with Gasteiger partial charge in [-0.3, -0.25) is 4.79 Å². The minimum Gasteiger partial charge on any atom is -0.495 e. The van der Waals surface area contributed by atoms with Gasteiger partial charge in [0.2, 0.25) is 15.9 Å². The van der Waals surface area contributed by atoms with Gasteiger partial charge in [0, 0.05) is 11.8 Å². The highest BCUT2D eigenvalue weighted by Gasteiger charge is 2.18. The SMILES string of the molecule is COc1ccc(S(=O)(=O)NC(C)C)cc1NC(=O)CSCc1ccc(C)cc1. The van der Waals surface area contributed by atoms with Crippen LogP contribution < -0.4 is 14.8 Å². The molecule has 0 unspecified atom stereocenters. The lowest BCUT2D eigenvalue weighted by molar-refractivity contribution is -0.113. The molecule has 0 radical (unpaired) electrons. The Bertz CT molecular complexity index is 910. The van der Waals surface area contributed by atoms with Crippen molar-refractivity contribution in [3.05, 3.63) is 53.6 Å². The van der Waals surface area contributed by atoms with Gasteiger partial charge in [-0.15, -0.1) is 11.8 Å². The number of sulfonamides is 1. The molecule has 0 atom stereocenters. The number of aryl methyl sites for hydroxylation is 1. The van der Waals surface area contributed by atoms with Gasteiger partial charge in [-0.1, -0.05) is 29.8 Å². The largest absolute Gasteiger partial charge is 0.495 e. The van der Waals surface area contributed by atoms with E-state index in [1.807, 2.05) is 31.2 Å². The summed E-state index contributed by atoms with van der Waals surface area (Å²) in [6.07, 6.45) is 0. The molecule has 0 saturated heterocycles. The zero-order chi connectivity index (χ0) is 20.7. The van der Waals surface area contributed by atoms with Crippen molar-refractivity contribution in [3.63, 3.8) is 0 Å². The topological polar surface area (TPSA) is 84.5 Å². The van der Waals surface area contributed by atoms with E-state index in [0.29, 0.717) is 11.4 Å². The van der Waals surface area contributed by atoms with Crippen LogP contribution in [0.1, 0.15) is 25.0 Å². The molecule has 0 saturated carbocycles. The lowest BCUT2D eigenvalue weighted by Gasteiger charge is -2.14. The maximum atomic E-state index is 12.4. The summed E-state index contributed by atoms with van der Waals surface area (Å²) >= 11 is 1.49. The molecular formula is C20H26N2O4S2. The van der Waals surface area contributed by atoms with Crippen molar-refractivity contribution in [2.24, 2.45) is 0 Å².